The zero-order valence-electron chi connectivity index (χ0n) is 11.6. The highest BCUT2D eigenvalue weighted by molar-refractivity contribution is 7.99. The third-order valence-electron chi connectivity index (χ3n) is 2.81. The van der Waals surface area contributed by atoms with Crippen LogP contribution < -0.4 is 5.32 Å². The van der Waals surface area contributed by atoms with Crippen molar-refractivity contribution >= 4 is 11.8 Å². The van der Waals surface area contributed by atoms with Gasteiger partial charge in [0.2, 0.25) is 0 Å². The smallest absolute Gasteiger partial charge is 0.137 e. The minimum atomic E-state index is 0.852. The van der Waals surface area contributed by atoms with Crippen LogP contribution in [0, 0.1) is 0 Å². The molecule has 2 aromatic rings. The maximum absolute atomic E-state index is 4.44. The second-order valence-corrected chi connectivity index (χ2v) is 5.73. The molecule has 2 rings (SSSR count). The Morgan fingerprint density at radius 1 is 1.21 bits per heavy atom. The molecule has 0 bridgehead atoms. The number of aromatic amines is 1. The molecule has 1 heterocycles. The molecule has 102 valence electrons. The number of thioether (sulfide) groups is 1. The second kappa shape index (κ2) is 7.36. The van der Waals surface area contributed by atoms with E-state index in [1.807, 2.05) is 18.0 Å². The fourth-order valence-corrected chi connectivity index (χ4v) is 2.53. The largest absolute Gasteiger partial charge is 0.341 e. The van der Waals surface area contributed by atoms with Crippen molar-refractivity contribution < 1.29 is 0 Å². The van der Waals surface area contributed by atoms with Crippen LogP contribution in [0.2, 0.25) is 0 Å². The molecule has 0 aliphatic carbocycles. The minimum absolute atomic E-state index is 0.852. The number of aromatic nitrogens is 2. The molecule has 0 saturated heterocycles. The standard InChI is InChI=1S/C15H21N3S/c1-3-9-16-10-13-11-17-15(18-13)12-5-7-14(8-6-12)19-4-2/h5-8,11,16H,3-4,9-10H2,1-2H3,(H,17,18). The first-order valence-corrected chi connectivity index (χ1v) is 7.80. The topological polar surface area (TPSA) is 40.7 Å². The first-order valence-electron chi connectivity index (χ1n) is 6.81. The summed E-state index contributed by atoms with van der Waals surface area (Å²) in [5, 5.41) is 3.37. The molecule has 0 saturated carbocycles. The number of hydrogen-bond donors (Lipinski definition) is 2. The van der Waals surface area contributed by atoms with Gasteiger partial charge in [-0.25, -0.2) is 4.98 Å². The number of nitrogens with zero attached hydrogens (tertiary/aromatic N) is 1. The minimum Gasteiger partial charge on any atom is -0.341 e. The fraction of sp³-hybridized carbons (Fsp3) is 0.400. The van der Waals surface area contributed by atoms with Crippen LogP contribution in [0.15, 0.2) is 35.4 Å². The van der Waals surface area contributed by atoms with E-state index in [0.717, 1.165) is 42.3 Å². The first kappa shape index (κ1) is 14.2. The molecule has 0 aliphatic rings. The molecule has 0 amide bonds. The van der Waals surface area contributed by atoms with Gasteiger partial charge < -0.3 is 10.3 Å². The van der Waals surface area contributed by atoms with Crippen molar-refractivity contribution in [2.24, 2.45) is 0 Å². The van der Waals surface area contributed by atoms with Gasteiger partial charge in [0.05, 0.1) is 0 Å². The summed E-state index contributed by atoms with van der Waals surface area (Å²) in [6.45, 7) is 6.23. The highest BCUT2D eigenvalue weighted by Crippen LogP contribution is 2.22. The molecule has 3 nitrogen and oxygen atoms in total. The van der Waals surface area contributed by atoms with E-state index in [0.29, 0.717) is 0 Å². The summed E-state index contributed by atoms with van der Waals surface area (Å²) >= 11 is 1.86. The van der Waals surface area contributed by atoms with E-state index in [4.69, 9.17) is 0 Å². The molecule has 1 aromatic carbocycles. The zero-order chi connectivity index (χ0) is 13.5. The number of nitrogens with one attached hydrogen (secondary N) is 2. The lowest BCUT2D eigenvalue weighted by Crippen LogP contribution is -2.13. The quantitative estimate of drug-likeness (QED) is 0.598. The van der Waals surface area contributed by atoms with Gasteiger partial charge in [-0.15, -0.1) is 11.8 Å². The highest BCUT2D eigenvalue weighted by Gasteiger charge is 2.03. The highest BCUT2D eigenvalue weighted by atomic mass is 32.2. The zero-order valence-corrected chi connectivity index (χ0v) is 12.4. The van der Waals surface area contributed by atoms with E-state index < -0.39 is 0 Å². The molecule has 1 aromatic heterocycles. The third kappa shape index (κ3) is 4.11. The predicted octanol–water partition coefficient (Wildman–Crippen LogP) is 3.69. The Bertz CT molecular complexity index is 490. The number of hydrogen-bond acceptors (Lipinski definition) is 3. The lowest BCUT2D eigenvalue weighted by molar-refractivity contribution is 0.667. The van der Waals surface area contributed by atoms with Gasteiger partial charge in [0.25, 0.3) is 0 Å². The Kier molecular flexibility index (Phi) is 5.48. The summed E-state index contributed by atoms with van der Waals surface area (Å²) in [7, 11) is 0. The summed E-state index contributed by atoms with van der Waals surface area (Å²) in [5.74, 6) is 2.05. The summed E-state index contributed by atoms with van der Waals surface area (Å²) in [4.78, 5) is 9.11. The van der Waals surface area contributed by atoms with E-state index in [1.54, 1.807) is 0 Å². The average molecular weight is 275 g/mol. The molecule has 4 heteroatoms. The summed E-state index contributed by atoms with van der Waals surface area (Å²) in [6.07, 6.45) is 3.06. The molecule has 0 aliphatic heterocycles. The lowest BCUT2D eigenvalue weighted by atomic mass is 10.2. The predicted molar refractivity (Wildman–Crippen MR) is 82.4 cm³/mol. The molecule has 0 atom stereocenters. The molecule has 0 unspecified atom stereocenters. The van der Waals surface area contributed by atoms with Crippen LogP contribution in [-0.2, 0) is 6.54 Å². The molecule has 19 heavy (non-hydrogen) atoms. The lowest BCUT2D eigenvalue weighted by Gasteiger charge is -2.01. The van der Waals surface area contributed by atoms with E-state index >= 15 is 0 Å². The maximum atomic E-state index is 4.44. The van der Waals surface area contributed by atoms with Crippen molar-refractivity contribution in [3.63, 3.8) is 0 Å². The van der Waals surface area contributed by atoms with Crippen molar-refractivity contribution in [3.05, 3.63) is 36.2 Å². The molecular weight excluding hydrogens is 254 g/mol. The van der Waals surface area contributed by atoms with Crippen LogP contribution in [0.1, 0.15) is 26.0 Å². The van der Waals surface area contributed by atoms with Gasteiger partial charge >= 0.3 is 0 Å². The van der Waals surface area contributed by atoms with Gasteiger partial charge in [-0.3, -0.25) is 0 Å². The monoisotopic (exact) mass is 275 g/mol. The fourth-order valence-electron chi connectivity index (χ4n) is 1.87. The summed E-state index contributed by atoms with van der Waals surface area (Å²) < 4.78 is 0. The van der Waals surface area contributed by atoms with Crippen LogP contribution >= 0.6 is 11.8 Å². The Morgan fingerprint density at radius 3 is 2.68 bits per heavy atom. The van der Waals surface area contributed by atoms with Gasteiger partial charge in [0.1, 0.15) is 5.82 Å². The number of rotatable bonds is 7. The van der Waals surface area contributed by atoms with Gasteiger partial charge in [0, 0.05) is 28.9 Å². The first-order chi connectivity index (χ1) is 9.33. The van der Waals surface area contributed by atoms with Gasteiger partial charge in [-0.05, 0) is 30.9 Å². The van der Waals surface area contributed by atoms with Crippen molar-refractivity contribution in [3.8, 4) is 11.4 Å². The van der Waals surface area contributed by atoms with E-state index in [1.165, 1.54) is 4.90 Å². The average Bonchev–Trinajstić information content (AvgIpc) is 2.89. The third-order valence-corrected chi connectivity index (χ3v) is 3.70. The van der Waals surface area contributed by atoms with Crippen LogP contribution in [-0.4, -0.2) is 22.3 Å². The summed E-state index contributed by atoms with van der Waals surface area (Å²) in [6, 6.07) is 8.56. The second-order valence-electron chi connectivity index (χ2n) is 4.39. The van der Waals surface area contributed by atoms with Gasteiger partial charge in [-0.1, -0.05) is 26.0 Å². The van der Waals surface area contributed by atoms with Crippen LogP contribution in [0.4, 0.5) is 0 Å². The normalized spacial score (nSPS) is 10.8. The Morgan fingerprint density at radius 2 is 2.00 bits per heavy atom. The SMILES string of the molecule is CCCNCc1cnc(-c2ccc(SCC)cc2)[nH]1. The van der Waals surface area contributed by atoms with E-state index in [9.17, 15) is 0 Å². The van der Waals surface area contributed by atoms with Gasteiger partial charge in [0.15, 0.2) is 0 Å². The van der Waals surface area contributed by atoms with E-state index in [2.05, 4.69) is 53.4 Å². The molecule has 0 fully saturated rings. The van der Waals surface area contributed by atoms with Crippen molar-refractivity contribution in [1.82, 2.24) is 15.3 Å². The molecule has 0 spiro atoms. The molecular formula is C15H21N3S. The van der Waals surface area contributed by atoms with Gasteiger partial charge in [-0.2, -0.15) is 0 Å². The number of imidazole rings is 1. The van der Waals surface area contributed by atoms with Crippen molar-refractivity contribution in [2.75, 3.05) is 12.3 Å². The van der Waals surface area contributed by atoms with Crippen LogP contribution in [0.5, 0.6) is 0 Å². The van der Waals surface area contributed by atoms with E-state index in [-0.39, 0.29) is 0 Å². The van der Waals surface area contributed by atoms with Crippen molar-refractivity contribution in [2.45, 2.75) is 31.7 Å². The van der Waals surface area contributed by atoms with Crippen molar-refractivity contribution in [1.29, 1.82) is 0 Å². The van der Waals surface area contributed by atoms with Crippen LogP contribution in [0.3, 0.4) is 0 Å². The number of H-pyrrole nitrogens is 1. The molecule has 2 N–H and O–H groups in total. The Labute approximate surface area is 119 Å². The Balaban J connectivity index is 2.01. The van der Waals surface area contributed by atoms with Crippen LogP contribution in [0.25, 0.3) is 11.4 Å². The molecule has 0 radical (unpaired) electrons. The Hall–Kier alpha value is -1.26. The maximum Gasteiger partial charge on any atom is 0.137 e. The number of benzene rings is 1. The summed E-state index contributed by atoms with van der Waals surface area (Å²) in [5.41, 5.74) is 2.28.